The van der Waals surface area contributed by atoms with Gasteiger partial charge in [0, 0.05) is 55.3 Å². The standard InChI is InChI=1S/C25H25F3N4O/c26-23-11-17(3-6-30-23)20-10-18(13-31-24(20)29)16-1-2-19(15-4-7-33-8-5-15)21(9-16)22-12-25(27,28)14-32-22/h1-3,6,9-11,13,15,22,32H,4-5,7-8,12,14H2,(H2,29,31)/t22-/m0/s1. The van der Waals surface area contributed by atoms with Crippen molar-refractivity contribution in [2.24, 2.45) is 0 Å². The molecular weight excluding hydrogens is 429 g/mol. The number of nitrogens with two attached hydrogens (primary N) is 1. The summed E-state index contributed by atoms with van der Waals surface area (Å²) in [5.41, 5.74) is 10.9. The molecule has 0 amide bonds. The van der Waals surface area contributed by atoms with Gasteiger partial charge in [-0.15, -0.1) is 0 Å². The van der Waals surface area contributed by atoms with Gasteiger partial charge in [0.1, 0.15) is 5.82 Å². The van der Waals surface area contributed by atoms with E-state index in [1.807, 2.05) is 24.3 Å². The van der Waals surface area contributed by atoms with Crippen LogP contribution in [0.3, 0.4) is 0 Å². The molecule has 1 atom stereocenters. The van der Waals surface area contributed by atoms with E-state index in [4.69, 9.17) is 10.5 Å². The van der Waals surface area contributed by atoms with Crippen LogP contribution in [-0.4, -0.2) is 35.6 Å². The van der Waals surface area contributed by atoms with Crippen LogP contribution in [0.15, 0.2) is 48.8 Å². The van der Waals surface area contributed by atoms with Crippen LogP contribution in [0.25, 0.3) is 22.3 Å². The molecule has 2 saturated heterocycles. The number of rotatable bonds is 4. The van der Waals surface area contributed by atoms with E-state index >= 15 is 0 Å². The Kier molecular flexibility index (Phi) is 5.80. The lowest BCUT2D eigenvalue weighted by Crippen LogP contribution is -2.21. The molecule has 0 bridgehead atoms. The second-order valence-electron chi connectivity index (χ2n) is 8.75. The summed E-state index contributed by atoms with van der Waals surface area (Å²) in [6, 6.07) is 10.4. The van der Waals surface area contributed by atoms with E-state index in [0.29, 0.717) is 24.3 Å². The summed E-state index contributed by atoms with van der Waals surface area (Å²) in [4.78, 5) is 7.90. The van der Waals surface area contributed by atoms with Crippen LogP contribution in [0.1, 0.15) is 42.3 Å². The highest BCUT2D eigenvalue weighted by Gasteiger charge is 2.41. The molecule has 172 valence electrons. The number of ether oxygens (including phenoxy) is 1. The minimum atomic E-state index is -2.73. The average Bonchev–Trinajstić information content (AvgIpc) is 3.19. The fourth-order valence-electron chi connectivity index (χ4n) is 4.81. The van der Waals surface area contributed by atoms with Gasteiger partial charge in [0.2, 0.25) is 5.95 Å². The van der Waals surface area contributed by atoms with Crippen molar-refractivity contribution >= 4 is 5.82 Å². The molecule has 0 aliphatic carbocycles. The molecule has 3 N–H and O–H groups in total. The highest BCUT2D eigenvalue weighted by Crippen LogP contribution is 2.41. The van der Waals surface area contributed by atoms with Gasteiger partial charge in [-0.2, -0.15) is 4.39 Å². The van der Waals surface area contributed by atoms with E-state index in [0.717, 1.165) is 35.1 Å². The number of nitrogens with one attached hydrogen (secondary N) is 1. The smallest absolute Gasteiger partial charge is 0.262 e. The third kappa shape index (κ3) is 4.58. The number of benzene rings is 1. The first-order valence-electron chi connectivity index (χ1n) is 11.1. The monoisotopic (exact) mass is 454 g/mol. The summed E-state index contributed by atoms with van der Waals surface area (Å²) in [5, 5.41) is 3.01. The second kappa shape index (κ2) is 8.76. The van der Waals surface area contributed by atoms with Crippen LogP contribution in [0.5, 0.6) is 0 Å². The van der Waals surface area contributed by atoms with Crippen molar-refractivity contribution in [3.05, 3.63) is 65.9 Å². The normalized spacial score (nSPS) is 20.8. The first-order chi connectivity index (χ1) is 15.9. The molecule has 2 aliphatic heterocycles. The van der Waals surface area contributed by atoms with Crippen LogP contribution in [-0.2, 0) is 4.74 Å². The number of anilines is 1. The van der Waals surface area contributed by atoms with E-state index in [1.165, 1.54) is 12.3 Å². The largest absolute Gasteiger partial charge is 0.383 e. The molecule has 0 spiro atoms. The highest BCUT2D eigenvalue weighted by atomic mass is 19.3. The Bertz CT molecular complexity index is 1160. The van der Waals surface area contributed by atoms with E-state index in [1.54, 1.807) is 12.3 Å². The molecule has 2 fully saturated rings. The molecule has 4 heterocycles. The van der Waals surface area contributed by atoms with Gasteiger partial charge < -0.3 is 15.8 Å². The van der Waals surface area contributed by atoms with Crippen LogP contribution >= 0.6 is 0 Å². The van der Waals surface area contributed by atoms with Gasteiger partial charge >= 0.3 is 0 Å². The lowest BCUT2D eigenvalue weighted by molar-refractivity contribution is 0.0209. The zero-order valence-corrected chi connectivity index (χ0v) is 18.0. The number of halogens is 3. The zero-order valence-electron chi connectivity index (χ0n) is 18.0. The number of alkyl halides is 2. The fraction of sp³-hybridized carbons (Fsp3) is 0.360. The molecule has 2 aliphatic rings. The minimum Gasteiger partial charge on any atom is -0.383 e. The number of hydrogen-bond acceptors (Lipinski definition) is 5. The Morgan fingerprint density at radius 3 is 2.52 bits per heavy atom. The van der Waals surface area contributed by atoms with Gasteiger partial charge in [-0.3, -0.25) is 0 Å². The van der Waals surface area contributed by atoms with Gasteiger partial charge in [0.05, 0.1) is 6.54 Å². The molecular formula is C25H25F3N4O. The quantitative estimate of drug-likeness (QED) is 0.537. The first kappa shape index (κ1) is 21.9. The Morgan fingerprint density at radius 1 is 0.970 bits per heavy atom. The van der Waals surface area contributed by atoms with Crippen molar-refractivity contribution in [1.82, 2.24) is 15.3 Å². The van der Waals surface area contributed by atoms with Gasteiger partial charge in [-0.05, 0) is 59.2 Å². The number of nitrogens with zero attached hydrogens (tertiary/aromatic N) is 2. The summed E-state index contributed by atoms with van der Waals surface area (Å²) < 4.78 is 47.3. The Balaban J connectivity index is 1.56. The Labute approximate surface area is 190 Å². The second-order valence-corrected chi connectivity index (χ2v) is 8.75. The molecule has 8 heteroatoms. The summed E-state index contributed by atoms with van der Waals surface area (Å²) in [6.45, 7) is 1.03. The van der Waals surface area contributed by atoms with Crippen molar-refractivity contribution in [3.63, 3.8) is 0 Å². The van der Waals surface area contributed by atoms with E-state index in [-0.39, 0.29) is 24.7 Å². The Hall–Kier alpha value is -2.97. The maximum atomic E-state index is 14.1. The van der Waals surface area contributed by atoms with Crippen LogP contribution in [0.4, 0.5) is 19.0 Å². The summed E-state index contributed by atoms with van der Waals surface area (Å²) in [6.07, 6.45) is 4.55. The topological polar surface area (TPSA) is 73.1 Å². The lowest BCUT2D eigenvalue weighted by atomic mass is 9.84. The van der Waals surface area contributed by atoms with Crippen molar-refractivity contribution in [3.8, 4) is 22.3 Å². The molecule has 2 aromatic heterocycles. The maximum absolute atomic E-state index is 14.1. The predicted molar refractivity (Wildman–Crippen MR) is 120 cm³/mol. The highest BCUT2D eigenvalue weighted by molar-refractivity contribution is 5.79. The molecule has 1 aromatic carbocycles. The number of aromatic nitrogens is 2. The Morgan fingerprint density at radius 2 is 1.79 bits per heavy atom. The van der Waals surface area contributed by atoms with Gasteiger partial charge in [-0.25, -0.2) is 18.7 Å². The molecule has 0 unspecified atom stereocenters. The van der Waals surface area contributed by atoms with Crippen molar-refractivity contribution in [1.29, 1.82) is 0 Å². The molecule has 3 aromatic rings. The summed E-state index contributed by atoms with van der Waals surface area (Å²) in [5.74, 6) is -2.78. The molecule has 0 saturated carbocycles. The van der Waals surface area contributed by atoms with Gasteiger partial charge in [0.15, 0.2) is 0 Å². The van der Waals surface area contributed by atoms with Crippen LogP contribution in [0.2, 0.25) is 0 Å². The fourth-order valence-corrected chi connectivity index (χ4v) is 4.81. The third-order valence-electron chi connectivity index (χ3n) is 6.52. The van der Waals surface area contributed by atoms with Crippen LogP contribution in [0, 0.1) is 5.95 Å². The van der Waals surface area contributed by atoms with E-state index < -0.39 is 17.9 Å². The SMILES string of the molecule is Nc1ncc(-c2ccc(C3CCOCC3)c([C@@H]3CC(F)(F)CN3)c2)cc1-c1ccnc(F)c1. The predicted octanol–water partition coefficient (Wildman–Crippen LogP) is 5.10. The van der Waals surface area contributed by atoms with E-state index in [9.17, 15) is 13.2 Å². The van der Waals surface area contributed by atoms with Gasteiger partial charge in [-0.1, -0.05) is 12.1 Å². The molecule has 5 nitrogen and oxygen atoms in total. The molecule has 33 heavy (non-hydrogen) atoms. The maximum Gasteiger partial charge on any atom is 0.262 e. The zero-order chi connectivity index (χ0) is 23.0. The summed E-state index contributed by atoms with van der Waals surface area (Å²) >= 11 is 0. The minimum absolute atomic E-state index is 0.228. The van der Waals surface area contributed by atoms with Crippen molar-refractivity contribution in [2.75, 3.05) is 25.5 Å². The first-order valence-corrected chi connectivity index (χ1v) is 11.1. The average molecular weight is 454 g/mol. The van der Waals surface area contributed by atoms with Crippen molar-refractivity contribution < 1.29 is 17.9 Å². The van der Waals surface area contributed by atoms with E-state index in [2.05, 4.69) is 15.3 Å². The number of hydrogen-bond donors (Lipinski definition) is 2. The van der Waals surface area contributed by atoms with Crippen LogP contribution < -0.4 is 11.1 Å². The van der Waals surface area contributed by atoms with Crippen molar-refractivity contribution in [2.45, 2.75) is 37.1 Å². The number of nitrogen functional groups attached to an aromatic ring is 1. The van der Waals surface area contributed by atoms with Gasteiger partial charge in [0.25, 0.3) is 5.92 Å². The number of pyridine rings is 2. The third-order valence-corrected chi connectivity index (χ3v) is 6.52. The summed E-state index contributed by atoms with van der Waals surface area (Å²) in [7, 11) is 0. The lowest BCUT2D eigenvalue weighted by Gasteiger charge is -2.27. The molecule has 0 radical (unpaired) electrons. The molecule has 5 rings (SSSR count).